The molecule has 0 aliphatic heterocycles. The van der Waals surface area contributed by atoms with Crippen LogP contribution < -0.4 is 5.32 Å². The number of furan rings is 1. The molecule has 0 saturated heterocycles. The highest BCUT2D eigenvalue weighted by Crippen LogP contribution is 2.32. The smallest absolute Gasteiger partial charge is 0.435 e. The summed E-state index contributed by atoms with van der Waals surface area (Å²) in [7, 11) is 0. The van der Waals surface area contributed by atoms with Crippen molar-refractivity contribution in [3.8, 4) is 5.69 Å². The zero-order chi connectivity index (χ0) is 20.9. The van der Waals surface area contributed by atoms with E-state index in [0.29, 0.717) is 16.9 Å². The van der Waals surface area contributed by atoms with Crippen molar-refractivity contribution in [3.63, 3.8) is 0 Å². The van der Waals surface area contributed by atoms with E-state index in [-0.39, 0.29) is 25.4 Å². The minimum Gasteiger partial charge on any atom is -0.467 e. The molecule has 0 aliphatic rings. The van der Waals surface area contributed by atoms with Gasteiger partial charge in [0.2, 0.25) is 0 Å². The van der Waals surface area contributed by atoms with E-state index >= 15 is 0 Å². The molecule has 1 aromatic carbocycles. The van der Waals surface area contributed by atoms with Crippen molar-refractivity contribution >= 4 is 5.91 Å². The van der Waals surface area contributed by atoms with Crippen LogP contribution in [0.25, 0.3) is 5.69 Å². The summed E-state index contributed by atoms with van der Waals surface area (Å²) in [6, 6.07) is 7.85. The minimum atomic E-state index is -4.92. The standard InChI is InChI=1S/C18H16F4N4O3/c19-12-4-1-5-13(10-12)26-16(18(20,21)22)15(24-25-26)17(27)23-7-3-8-28-11-14-6-2-9-29-14/h1-2,4-6,9-10H,3,7-8,11H2,(H,23,27). The zero-order valence-electron chi connectivity index (χ0n) is 14.9. The van der Waals surface area contributed by atoms with Crippen molar-refractivity contribution in [2.75, 3.05) is 13.2 Å². The first-order valence-corrected chi connectivity index (χ1v) is 8.53. The third-order valence-corrected chi connectivity index (χ3v) is 3.78. The summed E-state index contributed by atoms with van der Waals surface area (Å²) in [6.07, 6.45) is -3.05. The van der Waals surface area contributed by atoms with Gasteiger partial charge >= 0.3 is 6.18 Å². The fourth-order valence-corrected chi connectivity index (χ4v) is 2.51. The van der Waals surface area contributed by atoms with Gasteiger partial charge in [-0.05, 0) is 36.8 Å². The van der Waals surface area contributed by atoms with Gasteiger partial charge < -0.3 is 14.5 Å². The fourth-order valence-electron chi connectivity index (χ4n) is 2.51. The molecule has 0 atom stereocenters. The van der Waals surface area contributed by atoms with Crippen LogP contribution in [0.4, 0.5) is 17.6 Å². The summed E-state index contributed by atoms with van der Waals surface area (Å²) in [5, 5.41) is 9.09. The highest BCUT2D eigenvalue weighted by atomic mass is 19.4. The Morgan fingerprint density at radius 3 is 2.76 bits per heavy atom. The summed E-state index contributed by atoms with van der Waals surface area (Å²) in [6.45, 7) is 0.589. The summed E-state index contributed by atoms with van der Waals surface area (Å²) in [4.78, 5) is 12.2. The number of nitrogens with one attached hydrogen (secondary N) is 1. The van der Waals surface area contributed by atoms with E-state index < -0.39 is 29.3 Å². The van der Waals surface area contributed by atoms with Crippen LogP contribution >= 0.6 is 0 Å². The second-order valence-electron chi connectivity index (χ2n) is 5.92. The molecule has 2 heterocycles. The zero-order valence-corrected chi connectivity index (χ0v) is 14.9. The summed E-state index contributed by atoms with van der Waals surface area (Å²) in [5.74, 6) is -1.14. The Hall–Kier alpha value is -3.21. The molecule has 0 aliphatic carbocycles. The van der Waals surface area contributed by atoms with Gasteiger partial charge in [-0.3, -0.25) is 4.79 Å². The Morgan fingerprint density at radius 1 is 1.24 bits per heavy atom. The van der Waals surface area contributed by atoms with Crippen LogP contribution in [-0.2, 0) is 17.5 Å². The normalized spacial score (nSPS) is 11.6. The van der Waals surface area contributed by atoms with Crippen molar-refractivity contribution < 1.29 is 31.5 Å². The van der Waals surface area contributed by atoms with E-state index in [1.807, 2.05) is 0 Å². The van der Waals surface area contributed by atoms with Crippen molar-refractivity contribution in [1.29, 1.82) is 0 Å². The van der Waals surface area contributed by atoms with Gasteiger partial charge in [-0.1, -0.05) is 11.3 Å². The highest BCUT2D eigenvalue weighted by molar-refractivity contribution is 5.93. The van der Waals surface area contributed by atoms with Gasteiger partial charge in [-0.2, -0.15) is 13.2 Å². The second-order valence-corrected chi connectivity index (χ2v) is 5.92. The number of amides is 1. The van der Waals surface area contributed by atoms with Crippen LogP contribution in [0.5, 0.6) is 0 Å². The van der Waals surface area contributed by atoms with E-state index in [1.54, 1.807) is 12.1 Å². The third kappa shape index (κ3) is 5.19. The molecule has 154 valence electrons. The van der Waals surface area contributed by atoms with Gasteiger partial charge in [0.25, 0.3) is 5.91 Å². The molecule has 3 aromatic rings. The lowest BCUT2D eigenvalue weighted by molar-refractivity contribution is -0.143. The number of aromatic nitrogens is 3. The van der Waals surface area contributed by atoms with Crippen LogP contribution in [0.15, 0.2) is 47.1 Å². The maximum absolute atomic E-state index is 13.5. The Labute approximate surface area is 162 Å². The fraction of sp³-hybridized carbons (Fsp3) is 0.278. The summed E-state index contributed by atoms with van der Waals surface area (Å²) < 4.78 is 64.7. The molecule has 0 radical (unpaired) electrons. The summed E-state index contributed by atoms with van der Waals surface area (Å²) >= 11 is 0. The van der Waals surface area contributed by atoms with Crippen LogP contribution in [0.3, 0.4) is 0 Å². The molecule has 0 fully saturated rings. The summed E-state index contributed by atoms with van der Waals surface area (Å²) in [5.41, 5.74) is -2.47. The van der Waals surface area contributed by atoms with Crippen molar-refractivity contribution in [1.82, 2.24) is 20.3 Å². The topological polar surface area (TPSA) is 82.2 Å². The van der Waals surface area contributed by atoms with Crippen LogP contribution in [0.2, 0.25) is 0 Å². The molecule has 11 heteroatoms. The highest BCUT2D eigenvalue weighted by Gasteiger charge is 2.42. The lowest BCUT2D eigenvalue weighted by Gasteiger charge is -2.11. The molecule has 0 spiro atoms. The number of rotatable bonds is 8. The van der Waals surface area contributed by atoms with Crippen molar-refractivity contribution in [2.45, 2.75) is 19.2 Å². The molecule has 29 heavy (non-hydrogen) atoms. The van der Waals surface area contributed by atoms with Gasteiger partial charge in [-0.15, -0.1) is 5.10 Å². The quantitative estimate of drug-likeness (QED) is 0.453. The first-order valence-electron chi connectivity index (χ1n) is 8.53. The molecule has 0 unspecified atom stereocenters. The number of nitrogens with zero attached hydrogens (tertiary/aromatic N) is 3. The molecule has 0 bridgehead atoms. The van der Waals surface area contributed by atoms with Crippen molar-refractivity contribution in [3.05, 3.63) is 65.6 Å². The minimum absolute atomic E-state index is 0.0705. The average molecular weight is 412 g/mol. The number of benzene rings is 1. The molecule has 7 nitrogen and oxygen atoms in total. The molecule has 0 saturated carbocycles. The average Bonchev–Trinajstić information content (AvgIpc) is 3.33. The molecular weight excluding hydrogens is 396 g/mol. The Bertz CT molecular complexity index is 954. The van der Waals surface area contributed by atoms with Crippen LogP contribution in [0.1, 0.15) is 28.4 Å². The molecular formula is C18H16F4N4O3. The molecule has 3 rings (SSSR count). The lowest BCUT2D eigenvalue weighted by Crippen LogP contribution is -2.28. The van der Waals surface area contributed by atoms with Gasteiger partial charge in [0.15, 0.2) is 11.4 Å². The van der Waals surface area contributed by atoms with Crippen LogP contribution in [-0.4, -0.2) is 34.1 Å². The van der Waals surface area contributed by atoms with Crippen molar-refractivity contribution in [2.24, 2.45) is 0 Å². The Balaban J connectivity index is 1.62. The SMILES string of the molecule is O=C(NCCCOCc1ccco1)c1nnn(-c2cccc(F)c2)c1C(F)(F)F. The predicted molar refractivity (Wildman–Crippen MR) is 91.6 cm³/mol. The molecule has 1 N–H and O–H groups in total. The number of alkyl halides is 3. The predicted octanol–water partition coefficient (Wildman–Crippen LogP) is 3.35. The van der Waals surface area contributed by atoms with Crippen LogP contribution in [0, 0.1) is 5.82 Å². The number of hydrogen-bond acceptors (Lipinski definition) is 5. The van der Waals surface area contributed by atoms with E-state index in [2.05, 4.69) is 15.6 Å². The van der Waals surface area contributed by atoms with E-state index in [4.69, 9.17) is 9.15 Å². The number of carbonyl (C=O) groups is 1. The van der Waals surface area contributed by atoms with Gasteiger partial charge in [-0.25, -0.2) is 9.07 Å². The first-order chi connectivity index (χ1) is 13.9. The number of hydrogen-bond donors (Lipinski definition) is 1. The first kappa shape index (κ1) is 20.5. The number of carbonyl (C=O) groups excluding carboxylic acids is 1. The lowest BCUT2D eigenvalue weighted by atomic mass is 10.2. The third-order valence-electron chi connectivity index (χ3n) is 3.78. The Kier molecular flexibility index (Phi) is 6.27. The van der Waals surface area contributed by atoms with Gasteiger partial charge in [0.1, 0.15) is 18.2 Å². The van der Waals surface area contributed by atoms with Gasteiger partial charge in [0, 0.05) is 13.2 Å². The monoisotopic (exact) mass is 412 g/mol. The Morgan fingerprint density at radius 2 is 2.07 bits per heavy atom. The molecule has 2 aromatic heterocycles. The maximum atomic E-state index is 13.5. The maximum Gasteiger partial charge on any atom is 0.435 e. The molecule has 1 amide bonds. The van der Waals surface area contributed by atoms with E-state index in [0.717, 1.165) is 12.1 Å². The second kappa shape index (κ2) is 8.86. The largest absolute Gasteiger partial charge is 0.467 e. The number of halogens is 4. The van der Waals surface area contributed by atoms with E-state index in [9.17, 15) is 22.4 Å². The number of ether oxygens (including phenoxy) is 1. The van der Waals surface area contributed by atoms with E-state index in [1.165, 1.54) is 18.4 Å². The van der Waals surface area contributed by atoms with Gasteiger partial charge in [0.05, 0.1) is 12.0 Å².